The van der Waals surface area contributed by atoms with Crippen molar-refractivity contribution in [2.75, 3.05) is 18.6 Å². The van der Waals surface area contributed by atoms with Gasteiger partial charge in [-0.3, -0.25) is 4.79 Å². The molecule has 1 unspecified atom stereocenters. The maximum absolute atomic E-state index is 11.6. The Morgan fingerprint density at radius 3 is 2.56 bits per heavy atom. The number of nitrogens with two attached hydrogens (primary N) is 1. The monoisotopic (exact) mass is 248 g/mol. The van der Waals surface area contributed by atoms with Gasteiger partial charge in [-0.05, 0) is 30.8 Å². The van der Waals surface area contributed by atoms with Crippen molar-refractivity contribution in [3.63, 3.8) is 0 Å². The standard InChI is InChI=1S/C11H24N2O2S/c1-8(2)6-9(7-14)13-11(15)10(12)4-5-16-3/h8-10,14H,4-7,12H2,1-3H3,(H,13,15)/t9?,10-/m0/s1. The van der Waals surface area contributed by atoms with E-state index in [9.17, 15) is 4.79 Å². The Morgan fingerprint density at radius 1 is 1.50 bits per heavy atom. The number of hydrogen-bond donors (Lipinski definition) is 3. The number of amides is 1. The van der Waals surface area contributed by atoms with Gasteiger partial charge in [-0.1, -0.05) is 13.8 Å². The molecule has 2 atom stereocenters. The predicted octanol–water partition coefficient (Wildman–Crippen LogP) is 0.590. The first-order valence-electron chi connectivity index (χ1n) is 5.67. The third kappa shape index (κ3) is 7.09. The summed E-state index contributed by atoms with van der Waals surface area (Å²) in [6, 6.07) is -0.638. The SMILES string of the molecule is CSCC[C@H](N)C(=O)NC(CO)CC(C)C. The number of hydrogen-bond acceptors (Lipinski definition) is 4. The van der Waals surface area contributed by atoms with Crippen molar-refractivity contribution >= 4 is 17.7 Å². The molecule has 0 aromatic heterocycles. The number of carbonyl (C=O) groups is 1. The quantitative estimate of drug-likeness (QED) is 0.588. The van der Waals surface area contributed by atoms with Crippen molar-refractivity contribution in [1.29, 1.82) is 0 Å². The zero-order valence-electron chi connectivity index (χ0n) is 10.4. The lowest BCUT2D eigenvalue weighted by Crippen LogP contribution is -2.47. The van der Waals surface area contributed by atoms with Gasteiger partial charge in [0.1, 0.15) is 0 Å². The van der Waals surface area contributed by atoms with E-state index in [1.165, 1.54) is 0 Å². The fourth-order valence-corrected chi connectivity index (χ4v) is 1.92. The lowest BCUT2D eigenvalue weighted by atomic mass is 10.0. The summed E-state index contributed by atoms with van der Waals surface area (Å²) in [4.78, 5) is 11.6. The molecule has 0 aromatic rings. The Bertz CT molecular complexity index is 200. The summed E-state index contributed by atoms with van der Waals surface area (Å²) < 4.78 is 0. The van der Waals surface area contributed by atoms with E-state index in [1.54, 1.807) is 11.8 Å². The van der Waals surface area contributed by atoms with E-state index >= 15 is 0 Å². The second kappa shape index (κ2) is 8.84. The molecule has 4 N–H and O–H groups in total. The van der Waals surface area contributed by atoms with E-state index in [1.807, 2.05) is 6.26 Å². The summed E-state index contributed by atoms with van der Waals surface area (Å²) in [6.45, 7) is 4.09. The van der Waals surface area contributed by atoms with Crippen molar-refractivity contribution in [3.05, 3.63) is 0 Å². The fraction of sp³-hybridized carbons (Fsp3) is 0.909. The van der Waals surface area contributed by atoms with Crippen LogP contribution in [0.2, 0.25) is 0 Å². The Kier molecular flexibility index (Phi) is 8.70. The smallest absolute Gasteiger partial charge is 0.237 e. The van der Waals surface area contributed by atoms with Gasteiger partial charge in [0.2, 0.25) is 5.91 Å². The van der Waals surface area contributed by atoms with Crippen molar-refractivity contribution in [1.82, 2.24) is 5.32 Å². The second-order valence-electron chi connectivity index (χ2n) is 4.41. The Labute approximate surface area is 102 Å². The van der Waals surface area contributed by atoms with Gasteiger partial charge in [0.15, 0.2) is 0 Å². The highest BCUT2D eigenvalue weighted by Crippen LogP contribution is 2.05. The molecule has 0 saturated carbocycles. The predicted molar refractivity (Wildman–Crippen MR) is 69.4 cm³/mol. The van der Waals surface area contributed by atoms with Crippen LogP contribution in [0.15, 0.2) is 0 Å². The lowest BCUT2D eigenvalue weighted by molar-refractivity contribution is -0.123. The van der Waals surface area contributed by atoms with Crippen LogP contribution in [0.5, 0.6) is 0 Å². The van der Waals surface area contributed by atoms with Crippen molar-refractivity contribution in [3.8, 4) is 0 Å². The molecular formula is C11H24N2O2S. The molecule has 0 rings (SSSR count). The maximum atomic E-state index is 11.6. The van der Waals surface area contributed by atoms with Crippen LogP contribution in [0.1, 0.15) is 26.7 Å². The van der Waals surface area contributed by atoms with Gasteiger partial charge in [0.05, 0.1) is 18.7 Å². The molecule has 0 heterocycles. The molecule has 0 fully saturated rings. The zero-order chi connectivity index (χ0) is 12.6. The van der Waals surface area contributed by atoms with E-state index in [0.717, 1.165) is 12.2 Å². The van der Waals surface area contributed by atoms with Gasteiger partial charge in [-0.25, -0.2) is 0 Å². The van der Waals surface area contributed by atoms with Crippen LogP contribution in [-0.2, 0) is 4.79 Å². The van der Waals surface area contributed by atoms with E-state index in [4.69, 9.17) is 10.8 Å². The van der Waals surface area contributed by atoms with Crippen LogP contribution >= 0.6 is 11.8 Å². The zero-order valence-corrected chi connectivity index (χ0v) is 11.2. The average molecular weight is 248 g/mol. The molecule has 4 nitrogen and oxygen atoms in total. The highest BCUT2D eigenvalue weighted by atomic mass is 32.2. The van der Waals surface area contributed by atoms with Crippen LogP contribution in [-0.4, -0.2) is 41.7 Å². The van der Waals surface area contributed by atoms with Gasteiger partial charge < -0.3 is 16.2 Å². The summed E-state index contributed by atoms with van der Waals surface area (Å²) in [5, 5.41) is 11.9. The second-order valence-corrected chi connectivity index (χ2v) is 5.39. The van der Waals surface area contributed by atoms with E-state index in [-0.39, 0.29) is 18.6 Å². The summed E-state index contributed by atoms with van der Waals surface area (Å²) >= 11 is 1.67. The summed E-state index contributed by atoms with van der Waals surface area (Å²) in [5.41, 5.74) is 5.73. The van der Waals surface area contributed by atoms with Crippen molar-refractivity contribution < 1.29 is 9.90 Å². The number of rotatable bonds is 8. The molecule has 0 aromatic carbocycles. The molecule has 96 valence electrons. The van der Waals surface area contributed by atoms with Gasteiger partial charge >= 0.3 is 0 Å². The van der Waals surface area contributed by atoms with Gasteiger partial charge in [-0.2, -0.15) is 11.8 Å². The first kappa shape index (κ1) is 15.7. The largest absolute Gasteiger partial charge is 0.394 e. The van der Waals surface area contributed by atoms with Gasteiger partial charge in [0.25, 0.3) is 0 Å². The Hall–Kier alpha value is -0.260. The minimum atomic E-state index is -0.464. The molecule has 5 heteroatoms. The van der Waals surface area contributed by atoms with Gasteiger partial charge in [0, 0.05) is 0 Å². The number of carbonyl (C=O) groups excluding carboxylic acids is 1. The van der Waals surface area contributed by atoms with E-state index in [2.05, 4.69) is 19.2 Å². The molecule has 0 aliphatic carbocycles. The molecule has 0 spiro atoms. The third-order valence-corrected chi connectivity index (χ3v) is 2.94. The molecule has 0 bridgehead atoms. The molecule has 0 aliphatic rings. The molecule has 0 radical (unpaired) electrons. The summed E-state index contributed by atoms with van der Waals surface area (Å²) in [7, 11) is 0. The van der Waals surface area contributed by atoms with Gasteiger partial charge in [-0.15, -0.1) is 0 Å². The topological polar surface area (TPSA) is 75.4 Å². The molecule has 0 aliphatic heterocycles. The normalized spacial score (nSPS) is 14.9. The molecule has 0 saturated heterocycles. The molecular weight excluding hydrogens is 224 g/mol. The third-order valence-electron chi connectivity index (χ3n) is 2.29. The minimum absolute atomic E-state index is 0.0286. The number of nitrogens with one attached hydrogen (secondary N) is 1. The van der Waals surface area contributed by atoms with Crippen LogP contribution < -0.4 is 11.1 Å². The maximum Gasteiger partial charge on any atom is 0.237 e. The van der Waals surface area contributed by atoms with Crippen molar-refractivity contribution in [2.45, 2.75) is 38.8 Å². The summed E-state index contributed by atoms with van der Waals surface area (Å²) in [5.74, 6) is 1.16. The van der Waals surface area contributed by atoms with Crippen LogP contribution in [0.25, 0.3) is 0 Å². The van der Waals surface area contributed by atoms with Crippen molar-refractivity contribution in [2.24, 2.45) is 11.7 Å². The highest BCUT2D eigenvalue weighted by Gasteiger charge is 2.17. The number of aliphatic hydroxyl groups is 1. The molecule has 16 heavy (non-hydrogen) atoms. The van der Waals surface area contributed by atoms with Crippen LogP contribution in [0.3, 0.4) is 0 Å². The average Bonchev–Trinajstić information content (AvgIpc) is 2.23. The molecule has 1 amide bonds. The van der Waals surface area contributed by atoms with Crippen LogP contribution in [0.4, 0.5) is 0 Å². The van der Waals surface area contributed by atoms with E-state index < -0.39 is 6.04 Å². The Balaban J connectivity index is 3.98. The number of aliphatic hydroxyl groups excluding tert-OH is 1. The lowest BCUT2D eigenvalue weighted by Gasteiger charge is -2.20. The summed E-state index contributed by atoms with van der Waals surface area (Å²) in [6.07, 6.45) is 3.43. The van der Waals surface area contributed by atoms with Crippen LogP contribution in [0, 0.1) is 5.92 Å². The number of thioether (sulfide) groups is 1. The highest BCUT2D eigenvalue weighted by molar-refractivity contribution is 7.98. The van der Waals surface area contributed by atoms with E-state index in [0.29, 0.717) is 12.3 Å². The first-order valence-corrected chi connectivity index (χ1v) is 7.06. The first-order chi connectivity index (χ1) is 7.51. The Morgan fingerprint density at radius 2 is 2.12 bits per heavy atom. The fourth-order valence-electron chi connectivity index (χ4n) is 1.43. The minimum Gasteiger partial charge on any atom is -0.394 e.